The topological polar surface area (TPSA) is 79.0 Å². The van der Waals surface area contributed by atoms with Gasteiger partial charge in [0, 0.05) is 19.5 Å². The summed E-state index contributed by atoms with van der Waals surface area (Å²) in [5.41, 5.74) is 1.59. The van der Waals surface area contributed by atoms with E-state index in [1.54, 1.807) is 23.1 Å². The molecule has 0 spiro atoms. The van der Waals surface area contributed by atoms with E-state index in [2.05, 4.69) is 5.32 Å². The van der Waals surface area contributed by atoms with Gasteiger partial charge >= 0.3 is 0 Å². The Morgan fingerprint density at radius 3 is 2.52 bits per heavy atom. The summed E-state index contributed by atoms with van der Waals surface area (Å²) >= 11 is 0. The monoisotopic (exact) mass is 423 g/mol. The summed E-state index contributed by atoms with van der Waals surface area (Å²) in [5, 5.41) is 2.79. The van der Waals surface area contributed by atoms with Crippen molar-refractivity contribution in [3.8, 4) is 5.75 Å². The largest absolute Gasteiger partial charge is 0.495 e. The van der Waals surface area contributed by atoms with E-state index in [1.807, 2.05) is 50.2 Å². The normalized spacial score (nSPS) is 16.7. The first-order valence-corrected chi connectivity index (χ1v) is 10.5. The standard InChI is InChI=1S/C24H29N3O4/c1-4-26(16-22(28)25-20-12-8-9-13-21(20)31-3)24(30)19-14-23(29)27(15-19)17(2)18-10-6-5-7-11-18/h5-13,17,19H,4,14-16H2,1-3H3,(H,25,28)/t17-,19+/m1/s1. The molecule has 31 heavy (non-hydrogen) atoms. The van der Waals surface area contributed by atoms with Gasteiger partial charge in [0.25, 0.3) is 0 Å². The third kappa shape index (κ3) is 5.23. The lowest BCUT2D eigenvalue weighted by molar-refractivity contribution is -0.138. The van der Waals surface area contributed by atoms with E-state index in [1.165, 1.54) is 12.0 Å². The summed E-state index contributed by atoms with van der Waals surface area (Å²) in [4.78, 5) is 41.5. The molecule has 2 aromatic carbocycles. The van der Waals surface area contributed by atoms with Crippen molar-refractivity contribution in [1.29, 1.82) is 0 Å². The summed E-state index contributed by atoms with van der Waals surface area (Å²) in [6.45, 7) is 4.47. The van der Waals surface area contributed by atoms with Crippen LogP contribution in [0.4, 0.5) is 5.69 Å². The highest BCUT2D eigenvalue weighted by atomic mass is 16.5. The number of hydrogen-bond donors (Lipinski definition) is 1. The van der Waals surface area contributed by atoms with Gasteiger partial charge in [-0.2, -0.15) is 0 Å². The molecule has 3 rings (SSSR count). The Morgan fingerprint density at radius 1 is 1.16 bits per heavy atom. The molecule has 1 N–H and O–H groups in total. The van der Waals surface area contributed by atoms with Gasteiger partial charge in [0.1, 0.15) is 5.75 Å². The zero-order valence-electron chi connectivity index (χ0n) is 18.2. The zero-order valence-corrected chi connectivity index (χ0v) is 18.2. The molecule has 1 saturated heterocycles. The van der Waals surface area contributed by atoms with Crippen LogP contribution < -0.4 is 10.1 Å². The number of nitrogens with zero attached hydrogens (tertiary/aromatic N) is 2. The van der Waals surface area contributed by atoms with Crippen molar-refractivity contribution in [1.82, 2.24) is 9.80 Å². The summed E-state index contributed by atoms with van der Waals surface area (Å²) < 4.78 is 5.25. The molecule has 1 aliphatic rings. The Balaban J connectivity index is 1.62. The summed E-state index contributed by atoms with van der Waals surface area (Å²) in [6, 6.07) is 16.8. The second kappa shape index (κ2) is 10.1. The number of methoxy groups -OCH3 is 1. The molecule has 2 aromatic rings. The summed E-state index contributed by atoms with van der Waals surface area (Å²) in [6.07, 6.45) is 0.167. The lowest BCUT2D eigenvalue weighted by Crippen LogP contribution is -2.42. The number of ether oxygens (including phenoxy) is 1. The van der Waals surface area contributed by atoms with Crippen LogP contribution in [0, 0.1) is 5.92 Å². The highest BCUT2D eigenvalue weighted by Gasteiger charge is 2.38. The number of rotatable bonds is 8. The highest BCUT2D eigenvalue weighted by Crippen LogP contribution is 2.29. The predicted octanol–water partition coefficient (Wildman–Crippen LogP) is 3.09. The Labute approximate surface area is 183 Å². The van der Waals surface area contributed by atoms with Gasteiger partial charge in [-0.25, -0.2) is 0 Å². The van der Waals surface area contributed by atoms with E-state index in [0.29, 0.717) is 24.5 Å². The molecule has 1 aliphatic heterocycles. The van der Waals surface area contributed by atoms with Crippen LogP contribution in [0.5, 0.6) is 5.75 Å². The van der Waals surface area contributed by atoms with E-state index in [0.717, 1.165) is 5.56 Å². The fourth-order valence-corrected chi connectivity index (χ4v) is 3.90. The third-order valence-corrected chi connectivity index (χ3v) is 5.67. The minimum atomic E-state index is -0.447. The van der Waals surface area contributed by atoms with Crippen molar-refractivity contribution in [2.24, 2.45) is 5.92 Å². The number of nitrogens with one attached hydrogen (secondary N) is 1. The molecule has 2 atom stereocenters. The minimum absolute atomic E-state index is 0.0378. The van der Waals surface area contributed by atoms with Gasteiger partial charge in [-0.15, -0.1) is 0 Å². The maximum absolute atomic E-state index is 13.1. The predicted molar refractivity (Wildman–Crippen MR) is 119 cm³/mol. The molecule has 1 heterocycles. The lowest BCUT2D eigenvalue weighted by Gasteiger charge is -2.27. The average molecular weight is 424 g/mol. The quantitative estimate of drug-likeness (QED) is 0.708. The molecule has 7 nitrogen and oxygen atoms in total. The van der Waals surface area contributed by atoms with Crippen molar-refractivity contribution >= 4 is 23.4 Å². The molecular formula is C24H29N3O4. The van der Waals surface area contributed by atoms with Gasteiger partial charge in [-0.3, -0.25) is 14.4 Å². The number of carbonyl (C=O) groups excluding carboxylic acids is 3. The number of likely N-dealkylation sites (tertiary alicyclic amines) is 1. The SMILES string of the molecule is CCN(CC(=O)Nc1ccccc1OC)C(=O)[C@H]1CC(=O)N([C@H](C)c2ccccc2)C1. The smallest absolute Gasteiger partial charge is 0.244 e. The Bertz CT molecular complexity index is 931. The van der Waals surface area contributed by atoms with E-state index >= 15 is 0 Å². The molecule has 0 aliphatic carbocycles. The zero-order chi connectivity index (χ0) is 22.4. The minimum Gasteiger partial charge on any atom is -0.495 e. The fourth-order valence-electron chi connectivity index (χ4n) is 3.90. The number of benzene rings is 2. The van der Waals surface area contributed by atoms with Crippen LogP contribution in [0.3, 0.4) is 0 Å². The van der Waals surface area contributed by atoms with Gasteiger partial charge < -0.3 is 19.9 Å². The van der Waals surface area contributed by atoms with Crippen molar-refractivity contribution in [3.63, 3.8) is 0 Å². The van der Waals surface area contributed by atoms with Crippen molar-refractivity contribution < 1.29 is 19.1 Å². The van der Waals surface area contributed by atoms with E-state index in [-0.39, 0.29) is 36.7 Å². The van der Waals surface area contributed by atoms with E-state index in [9.17, 15) is 14.4 Å². The van der Waals surface area contributed by atoms with Crippen LogP contribution in [0.25, 0.3) is 0 Å². The van der Waals surface area contributed by atoms with E-state index in [4.69, 9.17) is 4.74 Å². The Hall–Kier alpha value is -3.35. The Kier molecular flexibility index (Phi) is 7.28. The number of para-hydroxylation sites is 2. The number of carbonyl (C=O) groups is 3. The average Bonchev–Trinajstić information content (AvgIpc) is 3.19. The maximum atomic E-state index is 13.1. The highest BCUT2D eigenvalue weighted by molar-refractivity contribution is 5.97. The van der Waals surface area contributed by atoms with Crippen LogP contribution in [-0.4, -0.2) is 54.3 Å². The van der Waals surface area contributed by atoms with Crippen LogP contribution in [0.2, 0.25) is 0 Å². The van der Waals surface area contributed by atoms with Crippen LogP contribution >= 0.6 is 0 Å². The Morgan fingerprint density at radius 2 is 1.84 bits per heavy atom. The first-order valence-electron chi connectivity index (χ1n) is 10.5. The fraction of sp³-hybridized carbons (Fsp3) is 0.375. The van der Waals surface area contributed by atoms with Crippen LogP contribution in [0.15, 0.2) is 54.6 Å². The molecule has 7 heteroatoms. The molecule has 0 radical (unpaired) electrons. The van der Waals surface area contributed by atoms with Gasteiger partial charge in [0.2, 0.25) is 17.7 Å². The first-order chi connectivity index (χ1) is 14.9. The molecule has 1 fully saturated rings. The second-order valence-corrected chi connectivity index (χ2v) is 7.63. The van der Waals surface area contributed by atoms with Gasteiger partial charge in [-0.1, -0.05) is 42.5 Å². The van der Waals surface area contributed by atoms with E-state index < -0.39 is 5.92 Å². The number of amides is 3. The van der Waals surface area contributed by atoms with Crippen molar-refractivity contribution in [2.75, 3.05) is 32.1 Å². The molecule has 0 saturated carbocycles. The number of likely N-dealkylation sites (N-methyl/N-ethyl adjacent to an activating group) is 1. The summed E-state index contributed by atoms with van der Waals surface area (Å²) in [5.74, 6) is -0.411. The molecular weight excluding hydrogens is 394 g/mol. The van der Waals surface area contributed by atoms with Crippen LogP contribution in [-0.2, 0) is 14.4 Å². The molecule has 0 aromatic heterocycles. The number of hydrogen-bond acceptors (Lipinski definition) is 4. The molecule has 3 amide bonds. The van der Waals surface area contributed by atoms with Gasteiger partial charge in [-0.05, 0) is 31.5 Å². The number of anilines is 1. The molecule has 164 valence electrons. The third-order valence-electron chi connectivity index (χ3n) is 5.67. The first kappa shape index (κ1) is 22.3. The second-order valence-electron chi connectivity index (χ2n) is 7.63. The van der Waals surface area contributed by atoms with Crippen molar-refractivity contribution in [3.05, 3.63) is 60.2 Å². The van der Waals surface area contributed by atoms with Crippen LogP contribution in [0.1, 0.15) is 31.9 Å². The van der Waals surface area contributed by atoms with Gasteiger partial charge in [0.15, 0.2) is 0 Å². The maximum Gasteiger partial charge on any atom is 0.244 e. The summed E-state index contributed by atoms with van der Waals surface area (Å²) in [7, 11) is 1.53. The van der Waals surface area contributed by atoms with Crippen molar-refractivity contribution in [2.45, 2.75) is 26.3 Å². The lowest BCUT2D eigenvalue weighted by atomic mass is 10.1. The van der Waals surface area contributed by atoms with Gasteiger partial charge in [0.05, 0.1) is 31.3 Å². The molecule has 0 unspecified atom stereocenters. The molecule has 0 bridgehead atoms.